The molecule has 0 unspecified atom stereocenters. The first-order chi connectivity index (χ1) is 18.8. The van der Waals surface area contributed by atoms with Crippen molar-refractivity contribution in [1.82, 2.24) is 9.97 Å². The quantitative estimate of drug-likeness (QED) is 0.183. The van der Waals surface area contributed by atoms with Crippen LogP contribution in [0.3, 0.4) is 0 Å². The number of rotatable bonds is 3. The zero-order chi connectivity index (χ0) is 26.8. The summed E-state index contributed by atoms with van der Waals surface area (Å²) in [4.78, 5) is 10.3. The van der Waals surface area contributed by atoms with Gasteiger partial charge in [-0.3, -0.25) is 0 Å². The minimum atomic E-state index is -0.436. The van der Waals surface area contributed by atoms with E-state index in [1.807, 2.05) is 24.3 Å². The summed E-state index contributed by atoms with van der Waals surface area (Å²) in [5.74, 6) is 0. The van der Waals surface area contributed by atoms with E-state index in [2.05, 4.69) is 107 Å². The molecular formula is C34H29BN2O2. The van der Waals surface area contributed by atoms with Crippen LogP contribution < -0.4 is 5.46 Å². The van der Waals surface area contributed by atoms with Gasteiger partial charge in [-0.25, -0.2) is 9.97 Å². The second-order valence-corrected chi connectivity index (χ2v) is 11.3. The van der Waals surface area contributed by atoms with Crippen LogP contribution in [0.5, 0.6) is 0 Å². The van der Waals surface area contributed by atoms with Crippen molar-refractivity contribution in [3.8, 4) is 22.5 Å². The molecule has 0 aliphatic carbocycles. The fraction of sp³-hybridized carbons (Fsp3) is 0.176. The maximum atomic E-state index is 6.35. The van der Waals surface area contributed by atoms with Crippen molar-refractivity contribution >= 4 is 45.2 Å². The Morgan fingerprint density at radius 2 is 1.18 bits per heavy atom. The summed E-state index contributed by atoms with van der Waals surface area (Å²) in [5.41, 5.74) is 6.14. The largest absolute Gasteiger partial charge is 0.494 e. The third-order valence-corrected chi connectivity index (χ3v) is 8.29. The number of fused-ring (bicyclic) bond motifs is 5. The minimum Gasteiger partial charge on any atom is -0.399 e. The lowest BCUT2D eigenvalue weighted by molar-refractivity contribution is 0.00578. The molecule has 1 aliphatic heterocycles. The van der Waals surface area contributed by atoms with E-state index < -0.39 is 18.3 Å². The maximum absolute atomic E-state index is 6.35. The zero-order valence-corrected chi connectivity index (χ0v) is 22.6. The van der Waals surface area contributed by atoms with Crippen LogP contribution in [-0.4, -0.2) is 28.3 Å². The average Bonchev–Trinajstić information content (AvgIpc) is 3.18. The Labute approximate surface area is 228 Å². The fourth-order valence-corrected chi connectivity index (χ4v) is 5.43. The van der Waals surface area contributed by atoms with Gasteiger partial charge in [-0.15, -0.1) is 0 Å². The lowest BCUT2D eigenvalue weighted by Gasteiger charge is -2.32. The molecule has 4 aromatic carbocycles. The van der Waals surface area contributed by atoms with Gasteiger partial charge in [-0.2, -0.15) is 0 Å². The Bertz CT molecular complexity index is 1850. The second kappa shape index (κ2) is 8.73. The molecule has 6 aromatic rings. The van der Waals surface area contributed by atoms with Crippen molar-refractivity contribution in [3.63, 3.8) is 0 Å². The summed E-state index contributed by atoms with van der Waals surface area (Å²) < 4.78 is 12.7. The van der Waals surface area contributed by atoms with Crippen LogP contribution in [-0.2, 0) is 9.31 Å². The predicted molar refractivity (Wildman–Crippen MR) is 161 cm³/mol. The molecule has 0 amide bonds. The van der Waals surface area contributed by atoms with E-state index in [4.69, 9.17) is 19.3 Å². The summed E-state index contributed by atoms with van der Waals surface area (Å²) >= 11 is 0. The predicted octanol–water partition coefficient (Wildman–Crippen LogP) is 7.57. The Kier molecular flexibility index (Phi) is 5.38. The normalized spacial score (nSPS) is 16.4. The van der Waals surface area contributed by atoms with Crippen molar-refractivity contribution in [3.05, 3.63) is 103 Å². The minimum absolute atomic E-state index is 0.400. The number of nitrogens with zero attached hydrogens (tertiary/aromatic N) is 2. The molecule has 1 saturated heterocycles. The standard InChI is InChI=1S/C34H29BN2O2/c1-33(2)34(3,4)39-35(38-33)24-15-16-25-26-17-20-29-27(18-19-28(36-29)22-11-7-5-8-12-22)31(26)32(37-30(25)21-24)23-13-9-6-10-14-23/h5-21H,1-4H3. The van der Waals surface area contributed by atoms with Crippen LogP contribution in [0.1, 0.15) is 27.7 Å². The second-order valence-electron chi connectivity index (χ2n) is 11.3. The van der Waals surface area contributed by atoms with Crippen molar-refractivity contribution < 1.29 is 9.31 Å². The number of aromatic nitrogens is 2. The average molecular weight is 508 g/mol. The molecular weight excluding hydrogens is 479 g/mol. The van der Waals surface area contributed by atoms with Gasteiger partial charge in [-0.05, 0) is 62.8 Å². The van der Waals surface area contributed by atoms with Crippen molar-refractivity contribution in [2.75, 3.05) is 0 Å². The van der Waals surface area contributed by atoms with Gasteiger partial charge in [0.1, 0.15) is 0 Å². The highest BCUT2D eigenvalue weighted by molar-refractivity contribution is 6.62. The van der Waals surface area contributed by atoms with Gasteiger partial charge < -0.3 is 9.31 Å². The Morgan fingerprint density at radius 1 is 0.564 bits per heavy atom. The summed E-state index contributed by atoms with van der Waals surface area (Å²) in [5, 5.41) is 4.46. The molecule has 0 N–H and O–H groups in total. The van der Waals surface area contributed by atoms with Crippen molar-refractivity contribution in [1.29, 1.82) is 0 Å². The van der Waals surface area contributed by atoms with Crippen molar-refractivity contribution in [2.24, 2.45) is 0 Å². The topological polar surface area (TPSA) is 44.2 Å². The summed E-state index contributed by atoms with van der Waals surface area (Å²) in [6.07, 6.45) is 0. The van der Waals surface area contributed by atoms with E-state index in [1.54, 1.807) is 0 Å². The van der Waals surface area contributed by atoms with E-state index in [-0.39, 0.29) is 0 Å². The van der Waals surface area contributed by atoms with Gasteiger partial charge in [0, 0.05) is 27.3 Å². The first-order valence-corrected chi connectivity index (χ1v) is 13.4. The van der Waals surface area contributed by atoms with E-state index in [9.17, 15) is 0 Å². The monoisotopic (exact) mass is 508 g/mol. The molecule has 190 valence electrons. The lowest BCUT2D eigenvalue weighted by Crippen LogP contribution is -2.41. The van der Waals surface area contributed by atoms with Gasteiger partial charge in [0.05, 0.1) is 33.6 Å². The number of pyridine rings is 2. The first-order valence-electron chi connectivity index (χ1n) is 13.4. The van der Waals surface area contributed by atoms with E-state index in [1.165, 1.54) is 0 Å². The number of hydrogen-bond acceptors (Lipinski definition) is 4. The molecule has 0 radical (unpaired) electrons. The molecule has 1 fully saturated rings. The summed E-state index contributed by atoms with van der Waals surface area (Å²) in [7, 11) is -0.436. The van der Waals surface area contributed by atoms with Gasteiger partial charge in [0.25, 0.3) is 0 Å². The van der Waals surface area contributed by atoms with Crippen LogP contribution in [0.2, 0.25) is 0 Å². The molecule has 0 saturated carbocycles. The van der Waals surface area contributed by atoms with E-state index >= 15 is 0 Å². The zero-order valence-electron chi connectivity index (χ0n) is 22.6. The Morgan fingerprint density at radius 3 is 1.87 bits per heavy atom. The molecule has 4 nitrogen and oxygen atoms in total. The summed E-state index contributed by atoms with van der Waals surface area (Å²) in [6, 6.07) is 35.7. The Hall–Kier alpha value is -4.06. The molecule has 7 rings (SSSR count). The molecule has 3 heterocycles. The lowest BCUT2D eigenvalue weighted by atomic mass is 9.78. The van der Waals surface area contributed by atoms with Gasteiger partial charge >= 0.3 is 7.12 Å². The van der Waals surface area contributed by atoms with E-state index in [0.29, 0.717) is 0 Å². The smallest absolute Gasteiger partial charge is 0.399 e. The van der Waals surface area contributed by atoms with E-state index in [0.717, 1.165) is 60.6 Å². The third kappa shape index (κ3) is 3.92. The van der Waals surface area contributed by atoms with Crippen LogP contribution in [0.25, 0.3) is 55.1 Å². The highest BCUT2D eigenvalue weighted by Gasteiger charge is 2.51. The fourth-order valence-electron chi connectivity index (χ4n) is 5.43. The molecule has 1 aliphatic rings. The van der Waals surface area contributed by atoms with Gasteiger partial charge in [0.2, 0.25) is 0 Å². The molecule has 5 heteroatoms. The Balaban J connectivity index is 1.46. The third-order valence-electron chi connectivity index (χ3n) is 8.29. The maximum Gasteiger partial charge on any atom is 0.494 e. The van der Waals surface area contributed by atoms with Crippen LogP contribution >= 0.6 is 0 Å². The van der Waals surface area contributed by atoms with Crippen LogP contribution in [0.4, 0.5) is 0 Å². The molecule has 2 aromatic heterocycles. The van der Waals surface area contributed by atoms with Crippen LogP contribution in [0.15, 0.2) is 103 Å². The molecule has 39 heavy (non-hydrogen) atoms. The highest BCUT2D eigenvalue weighted by atomic mass is 16.7. The first kappa shape index (κ1) is 24.0. The van der Waals surface area contributed by atoms with Crippen molar-refractivity contribution in [2.45, 2.75) is 38.9 Å². The summed E-state index contributed by atoms with van der Waals surface area (Å²) in [6.45, 7) is 8.32. The molecule has 0 atom stereocenters. The number of hydrogen-bond donors (Lipinski definition) is 0. The van der Waals surface area contributed by atoms with Gasteiger partial charge in [-0.1, -0.05) is 78.9 Å². The number of benzene rings is 4. The molecule has 0 bridgehead atoms. The van der Waals surface area contributed by atoms with Gasteiger partial charge in [0.15, 0.2) is 0 Å². The SMILES string of the molecule is CC1(C)OB(c2ccc3c(c2)nc(-c2ccccc2)c2c4ccc(-c5ccccc5)nc4ccc32)OC1(C)C. The molecule has 0 spiro atoms. The van der Waals surface area contributed by atoms with Crippen LogP contribution in [0, 0.1) is 0 Å². The highest BCUT2D eigenvalue weighted by Crippen LogP contribution is 2.39.